The number of carbonyl (C=O) groups is 1. The van der Waals surface area contributed by atoms with E-state index in [2.05, 4.69) is 4.98 Å². The van der Waals surface area contributed by atoms with Gasteiger partial charge in [-0.15, -0.1) is 0 Å². The maximum Gasteiger partial charge on any atom is 0.339 e. The molecule has 0 bridgehead atoms. The highest BCUT2D eigenvalue weighted by Crippen LogP contribution is 2.12. The van der Waals surface area contributed by atoms with Crippen LogP contribution in [-0.2, 0) is 11.3 Å². The van der Waals surface area contributed by atoms with Gasteiger partial charge in [0.1, 0.15) is 0 Å². The lowest BCUT2D eigenvalue weighted by atomic mass is 10.2. The lowest BCUT2D eigenvalue weighted by molar-refractivity contribution is 0.0525. The quantitative estimate of drug-likeness (QED) is 0.767. The Morgan fingerprint density at radius 3 is 2.73 bits per heavy atom. The Bertz CT molecular complexity index is 342. The molecule has 0 spiro atoms. The highest BCUT2D eigenvalue weighted by atomic mass is 16.5. The molecule has 0 radical (unpaired) electrons. The first kappa shape index (κ1) is 11.8. The van der Waals surface area contributed by atoms with Crippen LogP contribution >= 0.6 is 0 Å². The Balaban J connectivity index is 2.81. The van der Waals surface area contributed by atoms with Crippen molar-refractivity contribution in [2.24, 2.45) is 0 Å². The second-order valence-corrected chi connectivity index (χ2v) is 3.79. The van der Waals surface area contributed by atoms with Crippen LogP contribution in [0.1, 0.15) is 28.7 Å². The van der Waals surface area contributed by atoms with E-state index in [-0.39, 0.29) is 5.97 Å². The Labute approximate surface area is 90.2 Å². The van der Waals surface area contributed by atoms with E-state index >= 15 is 0 Å². The average Bonchev–Trinajstić information content (AvgIpc) is 2.46. The maximum absolute atomic E-state index is 11.5. The Hall–Kier alpha value is -1.29. The van der Waals surface area contributed by atoms with Crippen LogP contribution < -0.4 is 0 Å². The van der Waals surface area contributed by atoms with Crippen LogP contribution in [-0.4, -0.2) is 36.6 Å². The maximum atomic E-state index is 11.5. The third-order valence-electron chi connectivity index (χ3n) is 2.05. The van der Waals surface area contributed by atoms with Crippen LogP contribution in [0.2, 0.25) is 0 Å². The molecule has 4 nitrogen and oxygen atoms in total. The number of esters is 1. The highest BCUT2D eigenvalue weighted by Gasteiger charge is 2.13. The van der Waals surface area contributed by atoms with Crippen molar-refractivity contribution in [1.29, 1.82) is 0 Å². The van der Waals surface area contributed by atoms with Crippen molar-refractivity contribution in [2.75, 3.05) is 20.7 Å². The van der Waals surface area contributed by atoms with E-state index in [0.29, 0.717) is 12.2 Å². The summed E-state index contributed by atoms with van der Waals surface area (Å²) in [4.78, 5) is 16.7. The van der Waals surface area contributed by atoms with Crippen LogP contribution in [0.5, 0.6) is 0 Å². The summed E-state index contributed by atoms with van der Waals surface area (Å²) in [6.45, 7) is 4.89. The number of ether oxygens (including phenoxy) is 1. The molecule has 0 aliphatic carbocycles. The fourth-order valence-corrected chi connectivity index (χ4v) is 1.47. The fraction of sp³-hybridized carbons (Fsp3) is 0.545. The van der Waals surface area contributed by atoms with E-state index in [0.717, 1.165) is 17.9 Å². The molecule has 0 fully saturated rings. The first-order valence-corrected chi connectivity index (χ1v) is 5.05. The third kappa shape index (κ3) is 3.09. The highest BCUT2D eigenvalue weighted by molar-refractivity contribution is 5.90. The van der Waals surface area contributed by atoms with Crippen molar-refractivity contribution < 1.29 is 9.53 Å². The van der Waals surface area contributed by atoms with Gasteiger partial charge in [0.2, 0.25) is 0 Å². The van der Waals surface area contributed by atoms with Crippen LogP contribution in [0.25, 0.3) is 0 Å². The third-order valence-corrected chi connectivity index (χ3v) is 2.05. The Kier molecular flexibility index (Phi) is 3.91. The van der Waals surface area contributed by atoms with Gasteiger partial charge in [-0.05, 0) is 34.0 Å². The molecule has 0 aromatic carbocycles. The largest absolute Gasteiger partial charge is 0.462 e. The van der Waals surface area contributed by atoms with Gasteiger partial charge < -0.3 is 14.6 Å². The topological polar surface area (TPSA) is 45.3 Å². The second-order valence-electron chi connectivity index (χ2n) is 3.79. The summed E-state index contributed by atoms with van der Waals surface area (Å²) in [6, 6.07) is 1.85. The predicted octanol–water partition coefficient (Wildman–Crippen LogP) is 1.56. The predicted molar refractivity (Wildman–Crippen MR) is 58.9 cm³/mol. The average molecular weight is 210 g/mol. The van der Waals surface area contributed by atoms with Gasteiger partial charge in [-0.2, -0.15) is 0 Å². The fourth-order valence-electron chi connectivity index (χ4n) is 1.47. The van der Waals surface area contributed by atoms with Gasteiger partial charge in [-0.25, -0.2) is 4.79 Å². The Morgan fingerprint density at radius 1 is 1.53 bits per heavy atom. The van der Waals surface area contributed by atoms with Crippen LogP contribution in [0.4, 0.5) is 0 Å². The number of H-pyrrole nitrogens is 1. The molecule has 0 aliphatic rings. The van der Waals surface area contributed by atoms with Crippen molar-refractivity contribution in [3.8, 4) is 0 Å². The van der Waals surface area contributed by atoms with E-state index < -0.39 is 0 Å². The minimum Gasteiger partial charge on any atom is -0.462 e. The van der Waals surface area contributed by atoms with E-state index in [4.69, 9.17) is 4.74 Å². The van der Waals surface area contributed by atoms with Crippen molar-refractivity contribution in [3.05, 3.63) is 23.0 Å². The number of rotatable bonds is 4. The number of aromatic amines is 1. The summed E-state index contributed by atoms with van der Waals surface area (Å²) in [6.07, 6.45) is 0. The molecule has 1 N–H and O–H groups in total. The van der Waals surface area contributed by atoms with Gasteiger partial charge >= 0.3 is 5.97 Å². The summed E-state index contributed by atoms with van der Waals surface area (Å²) in [5.41, 5.74) is 2.53. The number of hydrogen-bond donors (Lipinski definition) is 1. The van der Waals surface area contributed by atoms with Gasteiger partial charge in [0.25, 0.3) is 0 Å². The number of aryl methyl sites for hydroxylation is 1. The molecule has 15 heavy (non-hydrogen) atoms. The zero-order valence-electron chi connectivity index (χ0n) is 9.76. The van der Waals surface area contributed by atoms with E-state index in [1.165, 1.54) is 0 Å². The Morgan fingerprint density at radius 2 is 2.20 bits per heavy atom. The number of nitrogens with zero attached hydrogens (tertiary/aromatic N) is 1. The molecule has 0 amide bonds. The zero-order chi connectivity index (χ0) is 11.4. The summed E-state index contributed by atoms with van der Waals surface area (Å²) in [7, 11) is 3.97. The molecular weight excluding hydrogens is 192 g/mol. The number of hydrogen-bond acceptors (Lipinski definition) is 3. The normalized spacial score (nSPS) is 10.7. The van der Waals surface area contributed by atoms with Crippen LogP contribution in [0, 0.1) is 6.92 Å². The van der Waals surface area contributed by atoms with Crippen LogP contribution in [0.15, 0.2) is 6.07 Å². The van der Waals surface area contributed by atoms with E-state index in [1.54, 1.807) is 6.92 Å². The SMILES string of the molecule is CCOC(=O)c1cc(CN(C)C)[nH]c1C. The van der Waals surface area contributed by atoms with Gasteiger partial charge in [0.15, 0.2) is 0 Å². The van der Waals surface area contributed by atoms with E-state index in [9.17, 15) is 4.79 Å². The zero-order valence-corrected chi connectivity index (χ0v) is 9.76. The standard InChI is InChI=1S/C11H18N2O2/c1-5-15-11(14)10-6-9(7-13(3)4)12-8(10)2/h6,12H,5,7H2,1-4H3. The number of nitrogens with one attached hydrogen (secondary N) is 1. The van der Waals surface area contributed by atoms with Gasteiger partial charge in [0, 0.05) is 17.9 Å². The molecular formula is C11H18N2O2. The first-order valence-electron chi connectivity index (χ1n) is 5.05. The van der Waals surface area contributed by atoms with Crippen molar-refractivity contribution in [2.45, 2.75) is 20.4 Å². The minimum absolute atomic E-state index is 0.253. The molecule has 0 atom stereocenters. The van der Waals surface area contributed by atoms with Crippen LogP contribution in [0.3, 0.4) is 0 Å². The van der Waals surface area contributed by atoms with Gasteiger partial charge in [-0.1, -0.05) is 0 Å². The molecule has 1 aromatic rings. The van der Waals surface area contributed by atoms with Crippen molar-refractivity contribution >= 4 is 5.97 Å². The molecule has 1 aromatic heterocycles. The molecule has 0 aliphatic heterocycles. The summed E-state index contributed by atoms with van der Waals surface area (Å²) in [5, 5.41) is 0. The lowest BCUT2D eigenvalue weighted by Gasteiger charge is -2.06. The summed E-state index contributed by atoms with van der Waals surface area (Å²) >= 11 is 0. The smallest absolute Gasteiger partial charge is 0.339 e. The second kappa shape index (κ2) is 4.98. The van der Waals surface area contributed by atoms with Crippen molar-refractivity contribution in [3.63, 3.8) is 0 Å². The van der Waals surface area contributed by atoms with Gasteiger partial charge in [0.05, 0.1) is 12.2 Å². The molecule has 0 unspecified atom stereocenters. The van der Waals surface area contributed by atoms with Crippen molar-refractivity contribution in [1.82, 2.24) is 9.88 Å². The monoisotopic (exact) mass is 210 g/mol. The van der Waals surface area contributed by atoms with E-state index in [1.807, 2.05) is 32.0 Å². The molecule has 0 saturated carbocycles. The summed E-state index contributed by atoms with van der Waals surface area (Å²) < 4.78 is 4.95. The number of carbonyl (C=O) groups excluding carboxylic acids is 1. The molecule has 1 heterocycles. The molecule has 4 heteroatoms. The number of aromatic nitrogens is 1. The molecule has 0 saturated heterocycles. The lowest BCUT2D eigenvalue weighted by Crippen LogP contribution is -2.10. The first-order chi connectivity index (χ1) is 7.04. The minimum atomic E-state index is -0.253. The molecule has 1 rings (SSSR count). The van der Waals surface area contributed by atoms with Gasteiger partial charge in [-0.3, -0.25) is 0 Å². The summed E-state index contributed by atoms with van der Waals surface area (Å²) in [5.74, 6) is -0.253. The molecule has 84 valence electrons.